The summed E-state index contributed by atoms with van der Waals surface area (Å²) in [4.78, 5) is 48.7. The van der Waals surface area contributed by atoms with Crippen molar-refractivity contribution in [2.24, 2.45) is 0 Å². The smallest absolute Gasteiger partial charge is 0.324 e. The zero-order valence-corrected chi connectivity index (χ0v) is 15.3. The average Bonchev–Trinajstić information content (AvgIpc) is 2.88. The van der Waals surface area contributed by atoms with E-state index in [4.69, 9.17) is 0 Å². The molecule has 1 atom stereocenters. The molecule has 4 amide bonds. The fourth-order valence-corrected chi connectivity index (χ4v) is 3.04. The second kappa shape index (κ2) is 7.10. The van der Waals surface area contributed by atoms with Gasteiger partial charge in [-0.3, -0.25) is 24.6 Å². The molecule has 28 heavy (non-hydrogen) atoms. The lowest BCUT2D eigenvalue weighted by molar-refractivity contribution is -0.385. The number of nitrogens with one attached hydrogen (secondary N) is 2. The quantitative estimate of drug-likeness (QED) is 0.467. The van der Waals surface area contributed by atoms with Crippen molar-refractivity contribution < 1.29 is 19.3 Å². The lowest BCUT2D eigenvalue weighted by Gasteiger charge is -2.22. The van der Waals surface area contributed by atoms with Gasteiger partial charge in [0, 0.05) is 17.3 Å². The number of hydrogen-bond acceptors (Lipinski definition) is 5. The number of aryl methyl sites for hydroxylation is 1. The maximum atomic E-state index is 12.8. The van der Waals surface area contributed by atoms with Gasteiger partial charge in [0.15, 0.2) is 0 Å². The fraction of sp³-hybridized carbons (Fsp3) is 0.211. The Balaban J connectivity index is 1.74. The Kier molecular flexibility index (Phi) is 4.83. The minimum absolute atomic E-state index is 0.135. The monoisotopic (exact) mass is 382 g/mol. The highest BCUT2D eigenvalue weighted by atomic mass is 16.6. The Hall–Kier alpha value is -3.75. The van der Waals surface area contributed by atoms with Crippen LogP contribution in [-0.4, -0.2) is 34.2 Å². The van der Waals surface area contributed by atoms with Gasteiger partial charge in [0.1, 0.15) is 12.1 Å². The van der Waals surface area contributed by atoms with Crippen LogP contribution in [0.25, 0.3) is 0 Å². The van der Waals surface area contributed by atoms with Crippen LogP contribution in [-0.2, 0) is 15.1 Å². The van der Waals surface area contributed by atoms with E-state index in [1.54, 1.807) is 44.2 Å². The molecule has 1 aliphatic rings. The number of nitrogens with zero attached hydrogens (tertiary/aromatic N) is 2. The van der Waals surface area contributed by atoms with Gasteiger partial charge in [-0.2, -0.15) is 0 Å². The molecule has 0 aromatic heterocycles. The van der Waals surface area contributed by atoms with Crippen molar-refractivity contribution >= 4 is 29.2 Å². The molecule has 0 bridgehead atoms. The number of nitro groups is 1. The van der Waals surface area contributed by atoms with Gasteiger partial charge in [-0.1, -0.05) is 36.4 Å². The van der Waals surface area contributed by atoms with Crippen LogP contribution in [0.3, 0.4) is 0 Å². The van der Waals surface area contributed by atoms with Crippen LogP contribution < -0.4 is 10.6 Å². The number of imide groups is 1. The molecule has 9 heteroatoms. The van der Waals surface area contributed by atoms with E-state index >= 15 is 0 Å². The number of anilines is 1. The number of carbonyl (C=O) groups is 3. The number of hydrogen-bond donors (Lipinski definition) is 2. The topological polar surface area (TPSA) is 122 Å². The van der Waals surface area contributed by atoms with E-state index < -0.39 is 34.9 Å². The first-order valence-corrected chi connectivity index (χ1v) is 8.47. The molecule has 144 valence electrons. The van der Waals surface area contributed by atoms with Gasteiger partial charge >= 0.3 is 6.03 Å². The van der Waals surface area contributed by atoms with Gasteiger partial charge in [0.2, 0.25) is 5.91 Å². The van der Waals surface area contributed by atoms with E-state index in [0.29, 0.717) is 11.1 Å². The van der Waals surface area contributed by atoms with Crippen molar-refractivity contribution in [3.05, 3.63) is 69.8 Å². The van der Waals surface area contributed by atoms with Crippen LogP contribution in [0.2, 0.25) is 0 Å². The Morgan fingerprint density at radius 2 is 1.89 bits per heavy atom. The van der Waals surface area contributed by atoms with E-state index in [1.807, 2.05) is 0 Å². The molecule has 0 aliphatic carbocycles. The highest BCUT2D eigenvalue weighted by Crippen LogP contribution is 2.28. The molecule has 2 aromatic carbocycles. The summed E-state index contributed by atoms with van der Waals surface area (Å²) < 4.78 is 0. The lowest BCUT2D eigenvalue weighted by atomic mass is 9.92. The summed E-state index contributed by atoms with van der Waals surface area (Å²) in [6.07, 6.45) is 0. The predicted molar refractivity (Wildman–Crippen MR) is 101 cm³/mol. The third-order valence-corrected chi connectivity index (χ3v) is 4.62. The van der Waals surface area contributed by atoms with Gasteiger partial charge in [-0.25, -0.2) is 4.79 Å². The molecule has 2 N–H and O–H groups in total. The number of nitro benzene ring substituents is 1. The normalized spacial score (nSPS) is 18.7. The minimum atomic E-state index is -1.26. The molecule has 1 heterocycles. The molecule has 0 spiro atoms. The molecule has 3 rings (SSSR count). The van der Waals surface area contributed by atoms with E-state index in [0.717, 1.165) is 4.90 Å². The fourth-order valence-electron chi connectivity index (χ4n) is 3.04. The number of urea groups is 1. The van der Waals surface area contributed by atoms with Gasteiger partial charge in [0.05, 0.1) is 4.92 Å². The Morgan fingerprint density at radius 3 is 2.54 bits per heavy atom. The molecule has 1 aliphatic heterocycles. The summed E-state index contributed by atoms with van der Waals surface area (Å²) in [5.41, 5.74) is -0.132. The second-order valence-corrected chi connectivity index (χ2v) is 6.62. The SMILES string of the molecule is Cc1ccc(NC(=O)CN2C(=O)NC(C)(c3ccccc3)C2=O)cc1[N+](=O)[O-]. The average molecular weight is 382 g/mol. The largest absolute Gasteiger partial charge is 0.325 e. The zero-order chi connectivity index (χ0) is 20.5. The van der Waals surface area contributed by atoms with E-state index in [9.17, 15) is 24.5 Å². The van der Waals surface area contributed by atoms with Gasteiger partial charge in [-0.15, -0.1) is 0 Å². The van der Waals surface area contributed by atoms with Crippen molar-refractivity contribution in [1.82, 2.24) is 10.2 Å². The van der Waals surface area contributed by atoms with Crippen molar-refractivity contribution in [2.75, 3.05) is 11.9 Å². The molecule has 0 saturated carbocycles. The summed E-state index contributed by atoms with van der Waals surface area (Å²) in [5, 5.41) is 16.1. The van der Waals surface area contributed by atoms with E-state index in [2.05, 4.69) is 10.6 Å². The summed E-state index contributed by atoms with van der Waals surface area (Å²) in [7, 11) is 0. The Bertz CT molecular complexity index is 976. The van der Waals surface area contributed by atoms with Crippen LogP contribution in [0.15, 0.2) is 48.5 Å². The highest BCUT2D eigenvalue weighted by Gasteiger charge is 2.49. The van der Waals surface area contributed by atoms with Crippen LogP contribution in [0.1, 0.15) is 18.1 Å². The van der Waals surface area contributed by atoms with Crippen LogP contribution in [0.5, 0.6) is 0 Å². The van der Waals surface area contributed by atoms with Crippen LogP contribution in [0.4, 0.5) is 16.2 Å². The van der Waals surface area contributed by atoms with E-state index in [-0.39, 0.29) is 11.4 Å². The molecular formula is C19H18N4O5. The predicted octanol–water partition coefficient (Wildman–Crippen LogP) is 2.31. The summed E-state index contributed by atoms with van der Waals surface area (Å²) >= 11 is 0. The minimum Gasteiger partial charge on any atom is -0.324 e. The summed E-state index contributed by atoms with van der Waals surface area (Å²) in [5.74, 6) is -1.19. The molecule has 2 aromatic rings. The number of carbonyl (C=O) groups excluding carboxylic acids is 3. The van der Waals surface area contributed by atoms with E-state index in [1.165, 1.54) is 18.2 Å². The van der Waals surface area contributed by atoms with Gasteiger partial charge in [-0.05, 0) is 25.5 Å². The maximum Gasteiger partial charge on any atom is 0.325 e. The highest BCUT2D eigenvalue weighted by molar-refractivity contribution is 6.10. The van der Waals surface area contributed by atoms with Gasteiger partial charge < -0.3 is 10.6 Å². The van der Waals surface area contributed by atoms with Crippen molar-refractivity contribution in [2.45, 2.75) is 19.4 Å². The van der Waals surface area contributed by atoms with Crippen molar-refractivity contribution in [3.8, 4) is 0 Å². The summed E-state index contributed by atoms with van der Waals surface area (Å²) in [6.45, 7) is 2.65. The maximum absolute atomic E-state index is 12.8. The zero-order valence-electron chi connectivity index (χ0n) is 15.3. The van der Waals surface area contributed by atoms with Crippen molar-refractivity contribution in [3.63, 3.8) is 0 Å². The molecule has 9 nitrogen and oxygen atoms in total. The molecule has 1 fully saturated rings. The first-order valence-electron chi connectivity index (χ1n) is 8.47. The van der Waals surface area contributed by atoms with Crippen molar-refractivity contribution in [1.29, 1.82) is 0 Å². The molecule has 1 saturated heterocycles. The second-order valence-electron chi connectivity index (χ2n) is 6.62. The number of amides is 4. The Labute approximate surface area is 160 Å². The van der Waals surface area contributed by atoms with Crippen LogP contribution in [0, 0.1) is 17.0 Å². The first-order chi connectivity index (χ1) is 13.2. The standard InChI is InChI=1S/C19H18N4O5/c1-12-8-9-14(10-15(12)23(27)28)20-16(24)11-22-17(25)19(2,21-18(22)26)13-6-4-3-5-7-13/h3-10H,11H2,1-2H3,(H,20,24)(H,21,26). The first kappa shape index (κ1) is 19.0. The third-order valence-electron chi connectivity index (χ3n) is 4.62. The molecule has 0 radical (unpaired) electrons. The van der Waals surface area contributed by atoms with Gasteiger partial charge in [0.25, 0.3) is 11.6 Å². The molecule has 1 unspecified atom stereocenters. The lowest BCUT2D eigenvalue weighted by Crippen LogP contribution is -2.42. The number of benzene rings is 2. The third kappa shape index (κ3) is 3.41. The van der Waals surface area contributed by atoms with Crippen LogP contribution >= 0.6 is 0 Å². The molecular weight excluding hydrogens is 364 g/mol. The number of rotatable bonds is 5. The summed E-state index contributed by atoms with van der Waals surface area (Å²) in [6, 6.07) is 12.3. The Morgan fingerprint density at radius 1 is 1.21 bits per heavy atom.